The number of H-pyrrole nitrogens is 1. The molecular weight excluding hydrogens is 153 g/mol. The molecule has 0 saturated heterocycles. The summed E-state index contributed by atoms with van der Waals surface area (Å²) in [7, 11) is -6.00. The highest BCUT2D eigenvalue weighted by molar-refractivity contribution is 6.50. The van der Waals surface area contributed by atoms with Gasteiger partial charge in [0.05, 0.1) is 12.4 Å². The number of halogens is 4. The number of nitrogens with zero attached hydrogens (tertiary/aromatic N) is 2. The van der Waals surface area contributed by atoms with Gasteiger partial charge in [0.15, 0.2) is 0 Å². The van der Waals surface area contributed by atoms with Crippen molar-refractivity contribution in [3.63, 3.8) is 0 Å². The summed E-state index contributed by atoms with van der Waals surface area (Å²) in [4.78, 5) is 0. The first-order valence-electron chi connectivity index (χ1n) is 2.17. The lowest BCUT2D eigenvalue weighted by atomic mass is 10.3. The Kier molecular flexibility index (Phi) is 3.44. The maximum absolute atomic E-state index is 9.75. The van der Waals surface area contributed by atoms with Crippen LogP contribution in [0.5, 0.6) is 0 Å². The highest BCUT2D eigenvalue weighted by atomic mass is 19.5. The predicted octanol–water partition coefficient (Wildman–Crippen LogP) is 1.10. The molecule has 58 valence electrons. The third kappa shape index (κ3) is 15.8. The fourth-order valence-corrected chi connectivity index (χ4v) is 0.167. The molecule has 1 rings (SSSR count). The van der Waals surface area contributed by atoms with Gasteiger partial charge in [-0.05, 0) is 0 Å². The van der Waals surface area contributed by atoms with Crippen LogP contribution in [0.1, 0.15) is 0 Å². The van der Waals surface area contributed by atoms with Crippen LogP contribution in [0.2, 0.25) is 0 Å². The number of aromatic amines is 1. The van der Waals surface area contributed by atoms with Crippen LogP contribution in [0, 0.1) is 0 Å². The molecule has 1 N–H and O–H groups in total. The van der Waals surface area contributed by atoms with Gasteiger partial charge in [0.1, 0.15) is 0 Å². The van der Waals surface area contributed by atoms with Crippen molar-refractivity contribution in [1.82, 2.24) is 15.4 Å². The van der Waals surface area contributed by atoms with Gasteiger partial charge in [-0.2, -0.15) is 15.4 Å². The summed E-state index contributed by atoms with van der Waals surface area (Å²) in [6.07, 6.45) is 3.17. The summed E-state index contributed by atoms with van der Waals surface area (Å²) in [5, 5.41) is 9.33. The van der Waals surface area contributed by atoms with Crippen LogP contribution in [-0.4, -0.2) is 22.7 Å². The van der Waals surface area contributed by atoms with Crippen LogP contribution < -0.4 is 0 Å². The molecule has 0 radical (unpaired) electrons. The summed E-state index contributed by atoms with van der Waals surface area (Å²) < 4.78 is 39.0. The zero-order valence-electron chi connectivity index (χ0n) is 4.64. The van der Waals surface area contributed by atoms with E-state index in [0.717, 1.165) is 0 Å². The Balaban J connectivity index is 0.000000162. The minimum atomic E-state index is -6.00. The van der Waals surface area contributed by atoms with E-state index in [-0.39, 0.29) is 0 Å². The Morgan fingerprint density at radius 3 is 1.40 bits per heavy atom. The Morgan fingerprint density at radius 2 is 1.30 bits per heavy atom. The molecule has 1 aromatic heterocycles. The van der Waals surface area contributed by atoms with E-state index in [4.69, 9.17) is 0 Å². The van der Waals surface area contributed by atoms with Crippen LogP contribution in [0.4, 0.5) is 17.3 Å². The lowest BCUT2D eigenvalue weighted by Gasteiger charge is -1.94. The number of aromatic nitrogens is 3. The Hall–Kier alpha value is -1.08. The monoisotopic (exact) mass is 156 g/mol. The molecule has 0 aromatic carbocycles. The number of hydrogen-bond donors (Lipinski definition) is 1. The van der Waals surface area contributed by atoms with E-state index in [1.807, 2.05) is 0 Å². The van der Waals surface area contributed by atoms with Crippen molar-refractivity contribution >= 4 is 7.25 Å². The second-order valence-electron chi connectivity index (χ2n) is 1.15. The number of nitrogens with one attached hydrogen (secondary N) is 1. The predicted molar refractivity (Wildman–Crippen MR) is 26.6 cm³/mol. The summed E-state index contributed by atoms with van der Waals surface area (Å²) in [5.74, 6) is 0. The van der Waals surface area contributed by atoms with E-state index in [1.54, 1.807) is 12.4 Å². The van der Waals surface area contributed by atoms with Crippen molar-refractivity contribution in [3.05, 3.63) is 12.4 Å². The van der Waals surface area contributed by atoms with Crippen LogP contribution in [-0.2, 0) is 0 Å². The van der Waals surface area contributed by atoms with Crippen molar-refractivity contribution in [1.29, 1.82) is 0 Å². The van der Waals surface area contributed by atoms with Gasteiger partial charge in [0, 0.05) is 0 Å². The third-order valence-electron chi connectivity index (χ3n) is 0.331. The maximum Gasteiger partial charge on any atom is 0.673 e. The fourth-order valence-electron chi connectivity index (χ4n) is 0.167. The lowest BCUT2D eigenvalue weighted by Crippen LogP contribution is -2.02. The molecule has 3 nitrogen and oxygen atoms in total. The first kappa shape index (κ1) is 8.92. The largest absolute Gasteiger partial charge is 0.673 e. The van der Waals surface area contributed by atoms with Gasteiger partial charge < -0.3 is 17.3 Å². The molecule has 10 heavy (non-hydrogen) atoms. The Labute approximate surface area is 53.5 Å². The van der Waals surface area contributed by atoms with Crippen molar-refractivity contribution in [2.75, 3.05) is 0 Å². The van der Waals surface area contributed by atoms with Crippen molar-refractivity contribution in [2.45, 2.75) is 0 Å². The molecule has 0 amide bonds. The molecule has 0 unspecified atom stereocenters. The maximum atomic E-state index is 9.75. The van der Waals surface area contributed by atoms with E-state index in [0.29, 0.717) is 0 Å². The molecule has 0 atom stereocenters. The summed E-state index contributed by atoms with van der Waals surface area (Å²) in [5.41, 5.74) is 0. The average molecular weight is 156 g/mol. The lowest BCUT2D eigenvalue weighted by molar-refractivity contribution is 0.368. The molecule has 0 aliphatic rings. The molecule has 0 aliphatic carbocycles. The molecule has 0 bridgehead atoms. The minimum Gasteiger partial charge on any atom is -0.418 e. The molecule has 8 heteroatoms. The van der Waals surface area contributed by atoms with Crippen LogP contribution in [0.3, 0.4) is 0 Å². The van der Waals surface area contributed by atoms with Gasteiger partial charge >= 0.3 is 7.25 Å². The molecule has 0 spiro atoms. The molecule has 0 saturated carbocycles. The standard InChI is InChI=1S/C2H3N3.BF4/c1-2-4-5-3-1;2-1(3,4)5/h1-2H,(H,3,4,5);/q;-1. The Bertz CT molecular complexity index is 125. The van der Waals surface area contributed by atoms with E-state index in [1.165, 1.54) is 0 Å². The summed E-state index contributed by atoms with van der Waals surface area (Å²) in [6.45, 7) is 0. The minimum absolute atomic E-state index is 1.58. The van der Waals surface area contributed by atoms with Crippen molar-refractivity contribution < 1.29 is 17.3 Å². The average Bonchev–Trinajstić information content (AvgIpc) is 2.07. The molecule has 0 aliphatic heterocycles. The van der Waals surface area contributed by atoms with Crippen LogP contribution in [0.15, 0.2) is 12.4 Å². The molecular formula is C2H3BF4N3-. The second kappa shape index (κ2) is 3.86. The van der Waals surface area contributed by atoms with Gasteiger partial charge in [-0.25, -0.2) is 0 Å². The first-order valence-corrected chi connectivity index (χ1v) is 2.17. The smallest absolute Gasteiger partial charge is 0.418 e. The highest BCUT2D eigenvalue weighted by Crippen LogP contribution is 2.06. The van der Waals surface area contributed by atoms with Crippen molar-refractivity contribution in [3.8, 4) is 0 Å². The van der Waals surface area contributed by atoms with E-state index >= 15 is 0 Å². The summed E-state index contributed by atoms with van der Waals surface area (Å²) in [6, 6.07) is 0. The second-order valence-corrected chi connectivity index (χ2v) is 1.15. The van der Waals surface area contributed by atoms with E-state index < -0.39 is 7.25 Å². The quantitative estimate of drug-likeness (QED) is 0.451. The zero-order chi connectivity index (χ0) is 8.04. The van der Waals surface area contributed by atoms with Gasteiger partial charge in [0.2, 0.25) is 0 Å². The molecule has 0 fully saturated rings. The van der Waals surface area contributed by atoms with E-state index in [9.17, 15) is 17.3 Å². The Morgan fingerprint density at radius 1 is 1.00 bits per heavy atom. The normalized spacial score (nSPS) is 10.0. The topological polar surface area (TPSA) is 41.6 Å². The zero-order valence-corrected chi connectivity index (χ0v) is 4.64. The van der Waals surface area contributed by atoms with Gasteiger partial charge in [-0.15, -0.1) is 0 Å². The molecule has 1 aromatic rings. The highest BCUT2D eigenvalue weighted by Gasteiger charge is 2.20. The molecule has 1 heterocycles. The number of hydrogen-bond acceptors (Lipinski definition) is 2. The third-order valence-corrected chi connectivity index (χ3v) is 0.331. The van der Waals surface area contributed by atoms with Crippen molar-refractivity contribution in [2.24, 2.45) is 0 Å². The first-order chi connectivity index (χ1) is 4.50. The van der Waals surface area contributed by atoms with Gasteiger partial charge in [-0.1, -0.05) is 0 Å². The van der Waals surface area contributed by atoms with E-state index in [2.05, 4.69) is 15.4 Å². The van der Waals surface area contributed by atoms with Gasteiger partial charge in [0.25, 0.3) is 0 Å². The fraction of sp³-hybridized carbons (Fsp3) is 0. The van der Waals surface area contributed by atoms with Crippen LogP contribution in [0.25, 0.3) is 0 Å². The summed E-state index contributed by atoms with van der Waals surface area (Å²) >= 11 is 0. The number of rotatable bonds is 0. The SMILES string of the molecule is F[B-](F)(F)F.c1cn[nH]n1. The van der Waals surface area contributed by atoms with Crippen LogP contribution >= 0.6 is 0 Å². The van der Waals surface area contributed by atoms with Gasteiger partial charge in [-0.3, -0.25) is 0 Å².